The number of morpholine rings is 1. The summed E-state index contributed by atoms with van der Waals surface area (Å²) in [7, 11) is -3.49. The third-order valence-electron chi connectivity index (χ3n) is 3.85. The van der Waals surface area contributed by atoms with Gasteiger partial charge < -0.3 is 15.4 Å². The predicted molar refractivity (Wildman–Crippen MR) is 105 cm³/mol. The molecule has 0 unspecified atom stereocenters. The zero-order chi connectivity index (χ0) is 18.6. The summed E-state index contributed by atoms with van der Waals surface area (Å²) in [6, 6.07) is 12.1. The van der Waals surface area contributed by atoms with Gasteiger partial charge in [0.1, 0.15) is 5.82 Å². The number of hydrogen-bond donors (Lipinski definition) is 2. The lowest BCUT2D eigenvalue weighted by Crippen LogP contribution is -2.40. The van der Waals surface area contributed by atoms with Gasteiger partial charge in [0.15, 0.2) is 5.11 Å². The van der Waals surface area contributed by atoms with E-state index in [-0.39, 0.29) is 4.90 Å². The number of nitrogens with zero attached hydrogens (tertiary/aromatic N) is 2. The van der Waals surface area contributed by atoms with Crippen LogP contribution in [0.4, 0.5) is 11.5 Å². The minimum atomic E-state index is -3.49. The summed E-state index contributed by atoms with van der Waals surface area (Å²) in [6.45, 7) is 3.49. The highest BCUT2D eigenvalue weighted by Gasteiger charge is 2.26. The molecule has 1 saturated heterocycles. The van der Waals surface area contributed by atoms with Crippen molar-refractivity contribution >= 4 is 38.9 Å². The maximum atomic E-state index is 12.6. The van der Waals surface area contributed by atoms with Crippen molar-refractivity contribution in [2.24, 2.45) is 0 Å². The zero-order valence-corrected chi connectivity index (χ0v) is 15.9. The molecule has 0 bridgehead atoms. The van der Waals surface area contributed by atoms with Crippen molar-refractivity contribution in [3.63, 3.8) is 0 Å². The van der Waals surface area contributed by atoms with Gasteiger partial charge in [-0.15, -0.1) is 0 Å². The first-order chi connectivity index (χ1) is 12.4. The maximum absolute atomic E-state index is 12.6. The molecule has 2 heterocycles. The molecule has 1 fully saturated rings. The first-order valence-corrected chi connectivity index (χ1v) is 9.99. The molecule has 1 aromatic heterocycles. The van der Waals surface area contributed by atoms with Gasteiger partial charge in [0.05, 0.1) is 18.1 Å². The Morgan fingerprint density at radius 3 is 2.46 bits per heavy atom. The van der Waals surface area contributed by atoms with Gasteiger partial charge in [-0.05, 0) is 55.5 Å². The number of benzene rings is 1. The molecule has 26 heavy (non-hydrogen) atoms. The van der Waals surface area contributed by atoms with Gasteiger partial charge in [-0.1, -0.05) is 6.07 Å². The lowest BCUT2D eigenvalue weighted by Gasteiger charge is -2.26. The highest BCUT2D eigenvalue weighted by atomic mass is 32.2. The minimum absolute atomic E-state index is 0.254. The molecule has 3 rings (SSSR count). The highest BCUT2D eigenvalue weighted by molar-refractivity contribution is 7.89. The van der Waals surface area contributed by atoms with E-state index in [2.05, 4.69) is 15.6 Å². The number of rotatable bonds is 4. The van der Waals surface area contributed by atoms with Crippen molar-refractivity contribution in [3.8, 4) is 0 Å². The molecule has 0 aliphatic carbocycles. The minimum Gasteiger partial charge on any atom is -0.379 e. The number of sulfonamides is 1. The Labute approximate surface area is 158 Å². The standard InChI is InChI=1S/C17H20N4O3S2/c1-13-3-2-4-16(18-13)20-17(25)19-14-5-7-15(8-6-14)26(22,23)21-9-11-24-12-10-21/h2-8H,9-12H2,1H3,(H2,18,19,20,25). The van der Waals surface area contributed by atoms with Crippen LogP contribution < -0.4 is 10.6 Å². The topological polar surface area (TPSA) is 83.6 Å². The van der Waals surface area contributed by atoms with Crippen LogP contribution >= 0.6 is 12.2 Å². The zero-order valence-electron chi connectivity index (χ0n) is 14.3. The van der Waals surface area contributed by atoms with Crippen LogP contribution in [0.3, 0.4) is 0 Å². The fourth-order valence-corrected chi connectivity index (χ4v) is 4.17. The summed E-state index contributed by atoms with van der Waals surface area (Å²) in [6.07, 6.45) is 0. The quantitative estimate of drug-likeness (QED) is 0.772. The fourth-order valence-electron chi connectivity index (χ4n) is 2.54. The first-order valence-electron chi connectivity index (χ1n) is 8.15. The van der Waals surface area contributed by atoms with E-state index in [1.807, 2.05) is 25.1 Å². The molecule has 1 aliphatic rings. The van der Waals surface area contributed by atoms with E-state index < -0.39 is 10.0 Å². The lowest BCUT2D eigenvalue weighted by molar-refractivity contribution is 0.0730. The van der Waals surface area contributed by atoms with Gasteiger partial charge in [0.25, 0.3) is 0 Å². The Hall–Kier alpha value is -2.07. The Bertz CT molecular complexity index is 879. The monoisotopic (exact) mass is 392 g/mol. The molecule has 7 nitrogen and oxygen atoms in total. The summed E-state index contributed by atoms with van der Waals surface area (Å²) in [5, 5.41) is 6.40. The number of aromatic nitrogens is 1. The SMILES string of the molecule is Cc1cccc(NC(=S)Nc2ccc(S(=O)(=O)N3CCOCC3)cc2)n1. The largest absolute Gasteiger partial charge is 0.379 e. The third-order valence-corrected chi connectivity index (χ3v) is 5.97. The summed E-state index contributed by atoms with van der Waals surface area (Å²) in [5.74, 6) is 0.647. The number of aryl methyl sites for hydroxylation is 1. The van der Waals surface area contributed by atoms with Gasteiger partial charge in [-0.2, -0.15) is 4.31 Å². The average Bonchev–Trinajstić information content (AvgIpc) is 2.63. The highest BCUT2D eigenvalue weighted by Crippen LogP contribution is 2.19. The summed E-state index contributed by atoms with van der Waals surface area (Å²) < 4.78 is 31.8. The van der Waals surface area contributed by atoms with Crippen molar-refractivity contribution in [2.75, 3.05) is 36.9 Å². The van der Waals surface area contributed by atoms with Crippen molar-refractivity contribution in [2.45, 2.75) is 11.8 Å². The molecule has 2 N–H and O–H groups in total. The normalized spacial score (nSPS) is 15.4. The second kappa shape index (κ2) is 8.09. The van der Waals surface area contributed by atoms with E-state index in [0.717, 1.165) is 5.69 Å². The van der Waals surface area contributed by atoms with Crippen LogP contribution in [0.5, 0.6) is 0 Å². The number of pyridine rings is 1. The maximum Gasteiger partial charge on any atom is 0.243 e. The molecule has 0 saturated carbocycles. The average molecular weight is 393 g/mol. The van der Waals surface area contributed by atoms with Crippen LogP contribution in [0.1, 0.15) is 5.69 Å². The van der Waals surface area contributed by atoms with E-state index in [4.69, 9.17) is 17.0 Å². The van der Waals surface area contributed by atoms with Gasteiger partial charge >= 0.3 is 0 Å². The molecule has 0 atom stereocenters. The molecule has 2 aromatic rings. The van der Waals surface area contributed by atoms with Gasteiger partial charge in [0.2, 0.25) is 10.0 Å². The van der Waals surface area contributed by atoms with Crippen LogP contribution in [0.2, 0.25) is 0 Å². The predicted octanol–water partition coefficient (Wildman–Crippen LogP) is 2.22. The summed E-state index contributed by atoms with van der Waals surface area (Å²) >= 11 is 5.27. The van der Waals surface area contributed by atoms with E-state index in [1.165, 1.54) is 4.31 Å². The number of thiocarbonyl (C=S) groups is 1. The molecular formula is C17H20N4O3S2. The number of hydrogen-bond acceptors (Lipinski definition) is 5. The van der Waals surface area contributed by atoms with Crippen LogP contribution in [-0.4, -0.2) is 49.1 Å². The molecule has 1 aliphatic heterocycles. The van der Waals surface area contributed by atoms with Gasteiger partial charge in [-0.25, -0.2) is 13.4 Å². The van der Waals surface area contributed by atoms with Crippen LogP contribution in [0.15, 0.2) is 47.4 Å². The van der Waals surface area contributed by atoms with Crippen molar-refractivity contribution in [3.05, 3.63) is 48.2 Å². The smallest absolute Gasteiger partial charge is 0.243 e. The van der Waals surface area contributed by atoms with E-state index >= 15 is 0 Å². The molecule has 0 spiro atoms. The second-order valence-electron chi connectivity index (χ2n) is 5.78. The molecular weight excluding hydrogens is 372 g/mol. The molecule has 0 amide bonds. The van der Waals surface area contributed by atoms with Crippen molar-refractivity contribution in [1.29, 1.82) is 0 Å². The molecule has 1 aromatic carbocycles. The van der Waals surface area contributed by atoms with Crippen LogP contribution in [0, 0.1) is 6.92 Å². The van der Waals surface area contributed by atoms with Crippen LogP contribution in [-0.2, 0) is 14.8 Å². The van der Waals surface area contributed by atoms with Crippen molar-refractivity contribution in [1.82, 2.24) is 9.29 Å². The summed E-state index contributed by atoms with van der Waals surface area (Å²) in [5.41, 5.74) is 1.58. The van der Waals surface area contributed by atoms with E-state index in [0.29, 0.717) is 42.9 Å². The fraction of sp³-hybridized carbons (Fsp3) is 0.294. The number of nitrogens with one attached hydrogen (secondary N) is 2. The van der Waals surface area contributed by atoms with E-state index in [9.17, 15) is 8.42 Å². The Morgan fingerprint density at radius 1 is 1.12 bits per heavy atom. The molecule has 138 valence electrons. The Balaban J connectivity index is 1.64. The Morgan fingerprint density at radius 2 is 1.81 bits per heavy atom. The Kier molecular flexibility index (Phi) is 5.82. The van der Waals surface area contributed by atoms with Crippen molar-refractivity contribution < 1.29 is 13.2 Å². The van der Waals surface area contributed by atoms with Gasteiger partial charge in [0, 0.05) is 24.5 Å². The lowest BCUT2D eigenvalue weighted by atomic mass is 10.3. The van der Waals surface area contributed by atoms with Gasteiger partial charge in [-0.3, -0.25) is 0 Å². The first kappa shape index (κ1) is 18.7. The van der Waals surface area contributed by atoms with E-state index in [1.54, 1.807) is 24.3 Å². The number of anilines is 2. The molecule has 9 heteroatoms. The van der Waals surface area contributed by atoms with Crippen LogP contribution in [0.25, 0.3) is 0 Å². The third kappa shape index (κ3) is 4.55. The summed E-state index contributed by atoms with van der Waals surface area (Å²) in [4.78, 5) is 4.57. The number of ether oxygens (including phenoxy) is 1. The molecule has 0 radical (unpaired) electrons. The second-order valence-corrected chi connectivity index (χ2v) is 8.13.